The van der Waals surface area contributed by atoms with Crippen molar-refractivity contribution in [2.75, 3.05) is 12.4 Å². The predicted octanol–water partition coefficient (Wildman–Crippen LogP) is 3.15. The van der Waals surface area contributed by atoms with Crippen molar-refractivity contribution in [3.05, 3.63) is 59.7 Å². The molecule has 0 aliphatic heterocycles. The molecule has 0 amide bonds. The third-order valence-electron chi connectivity index (χ3n) is 3.67. The van der Waals surface area contributed by atoms with Gasteiger partial charge in [-0.3, -0.25) is 0 Å². The van der Waals surface area contributed by atoms with Gasteiger partial charge in [-0.25, -0.2) is 0 Å². The molecule has 2 aromatic carbocycles. The molecule has 0 saturated carbocycles. The van der Waals surface area contributed by atoms with Crippen LogP contribution < -0.4 is 10.1 Å². The molecule has 23 heavy (non-hydrogen) atoms. The standard InChI is InChI=1S/C17H19N5O/c1-12-9-10-16(23-3)15(11-12)13(2)18-17-19-20-21-22(17)14-7-5-4-6-8-14/h4-11,13H,1-3H3,(H,18,19,21)/t13-/m1/s1. The number of nitrogens with one attached hydrogen (secondary N) is 1. The summed E-state index contributed by atoms with van der Waals surface area (Å²) in [6.07, 6.45) is 0. The van der Waals surface area contributed by atoms with Gasteiger partial charge < -0.3 is 10.1 Å². The zero-order valence-electron chi connectivity index (χ0n) is 13.4. The molecule has 0 aliphatic rings. The first-order chi connectivity index (χ1) is 11.2. The van der Waals surface area contributed by atoms with Crippen LogP contribution in [0.3, 0.4) is 0 Å². The molecule has 1 aromatic heterocycles. The second kappa shape index (κ2) is 6.48. The van der Waals surface area contributed by atoms with E-state index in [1.54, 1.807) is 11.8 Å². The minimum atomic E-state index is -0.00156. The van der Waals surface area contributed by atoms with Crippen LogP contribution in [-0.2, 0) is 0 Å². The van der Waals surface area contributed by atoms with E-state index in [0.717, 1.165) is 17.0 Å². The Morgan fingerprint density at radius 3 is 2.65 bits per heavy atom. The summed E-state index contributed by atoms with van der Waals surface area (Å²) in [5.41, 5.74) is 3.15. The Bertz CT molecular complexity index is 785. The minimum Gasteiger partial charge on any atom is -0.496 e. The van der Waals surface area contributed by atoms with Gasteiger partial charge in [0.15, 0.2) is 0 Å². The summed E-state index contributed by atoms with van der Waals surface area (Å²) in [6.45, 7) is 4.12. The lowest BCUT2D eigenvalue weighted by atomic mass is 10.0. The van der Waals surface area contributed by atoms with Crippen LogP contribution in [0, 0.1) is 6.92 Å². The molecule has 1 atom stereocenters. The molecule has 3 rings (SSSR count). The largest absolute Gasteiger partial charge is 0.496 e. The van der Waals surface area contributed by atoms with Gasteiger partial charge in [0, 0.05) is 5.56 Å². The Kier molecular flexibility index (Phi) is 4.23. The van der Waals surface area contributed by atoms with Crippen LogP contribution in [0.5, 0.6) is 5.75 Å². The zero-order chi connectivity index (χ0) is 16.2. The second-order valence-corrected chi connectivity index (χ2v) is 5.36. The first kappa shape index (κ1) is 15.0. The minimum absolute atomic E-state index is 0.00156. The fourth-order valence-corrected chi connectivity index (χ4v) is 2.48. The molecule has 1 heterocycles. The Hall–Kier alpha value is -2.89. The lowest BCUT2D eigenvalue weighted by molar-refractivity contribution is 0.407. The van der Waals surface area contributed by atoms with E-state index in [1.807, 2.05) is 42.5 Å². The lowest BCUT2D eigenvalue weighted by Crippen LogP contribution is -2.13. The van der Waals surface area contributed by atoms with Gasteiger partial charge in [-0.2, -0.15) is 4.68 Å². The molecule has 3 aromatic rings. The van der Waals surface area contributed by atoms with Gasteiger partial charge in [0.25, 0.3) is 0 Å². The monoisotopic (exact) mass is 309 g/mol. The van der Waals surface area contributed by atoms with Gasteiger partial charge in [0.2, 0.25) is 5.95 Å². The smallest absolute Gasteiger partial charge is 0.248 e. The third-order valence-corrected chi connectivity index (χ3v) is 3.67. The van der Waals surface area contributed by atoms with Crippen molar-refractivity contribution in [1.82, 2.24) is 20.2 Å². The third kappa shape index (κ3) is 3.15. The average Bonchev–Trinajstić information content (AvgIpc) is 3.03. The molecular weight excluding hydrogens is 290 g/mol. The van der Waals surface area contributed by atoms with Crippen molar-refractivity contribution >= 4 is 5.95 Å². The van der Waals surface area contributed by atoms with Crippen LogP contribution in [0.4, 0.5) is 5.95 Å². The highest BCUT2D eigenvalue weighted by atomic mass is 16.5. The zero-order valence-corrected chi connectivity index (χ0v) is 13.4. The van der Waals surface area contributed by atoms with Gasteiger partial charge in [-0.1, -0.05) is 41.0 Å². The fourth-order valence-electron chi connectivity index (χ4n) is 2.48. The van der Waals surface area contributed by atoms with E-state index in [4.69, 9.17) is 4.74 Å². The number of anilines is 1. The number of nitrogens with zero attached hydrogens (tertiary/aromatic N) is 4. The second-order valence-electron chi connectivity index (χ2n) is 5.36. The predicted molar refractivity (Wildman–Crippen MR) is 88.9 cm³/mol. The van der Waals surface area contributed by atoms with E-state index in [1.165, 1.54) is 5.56 Å². The summed E-state index contributed by atoms with van der Waals surface area (Å²) in [7, 11) is 1.68. The molecule has 6 nitrogen and oxygen atoms in total. The Morgan fingerprint density at radius 1 is 1.13 bits per heavy atom. The van der Waals surface area contributed by atoms with Gasteiger partial charge in [0.1, 0.15) is 5.75 Å². The topological polar surface area (TPSA) is 64.9 Å². The van der Waals surface area contributed by atoms with Crippen LogP contribution >= 0.6 is 0 Å². The van der Waals surface area contributed by atoms with Crippen LogP contribution in [0.1, 0.15) is 24.1 Å². The van der Waals surface area contributed by atoms with Crippen LogP contribution in [-0.4, -0.2) is 27.3 Å². The highest BCUT2D eigenvalue weighted by Gasteiger charge is 2.15. The van der Waals surface area contributed by atoms with Crippen LogP contribution in [0.15, 0.2) is 48.5 Å². The van der Waals surface area contributed by atoms with E-state index in [0.29, 0.717) is 5.95 Å². The molecule has 0 bridgehead atoms. The molecule has 6 heteroatoms. The number of hydrogen-bond donors (Lipinski definition) is 1. The highest BCUT2D eigenvalue weighted by molar-refractivity contribution is 5.44. The summed E-state index contributed by atoms with van der Waals surface area (Å²) in [4.78, 5) is 0. The first-order valence-electron chi connectivity index (χ1n) is 7.44. The molecule has 1 N–H and O–H groups in total. The summed E-state index contributed by atoms with van der Waals surface area (Å²) >= 11 is 0. The van der Waals surface area contributed by atoms with Gasteiger partial charge in [0.05, 0.1) is 18.8 Å². The SMILES string of the molecule is COc1ccc(C)cc1[C@@H](C)Nc1nnnn1-c1ccccc1. The number of rotatable bonds is 5. The van der Waals surface area contributed by atoms with Gasteiger partial charge in [-0.05, 0) is 42.5 Å². The van der Waals surface area contributed by atoms with E-state index >= 15 is 0 Å². The number of aryl methyl sites for hydroxylation is 1. The Labute approximate surface area is 135 Å². The normalized spacial score (nSPS) is 12.0. The van der Waals surface area contributed by atoms with Crippen molar-refractivity contribution in [1.29, 1.82) is 0 Å². The van der Waals surface area contributed by atoms with Crippen LogP contribution in [0.25, 0.3) is 5.69 Å². The average molecular weight is 309 g/mol. The molecule has 0 unspecified atom stereocenters. The van der Waals surface area contributed by atoms with E-state index in [2.05, 4.69) is 40.8 Å². The maximum atomic E-state index is 5.46. The summed E-state index contributed by atoms with van der Waals surface area (Å²) in [6, 6.07) is 15.9. The molecule has 118 valence electrons. The van der Waals surface area contributed by atoms with Crippen molar-refractivity contribution < 1.29 is 4.74 Å². The van der Waals surface area contributed by atoms with Crippen molar-refractivity contribution in [3.8, 4) is 11.4 Å². The molecule has 0 aliphatic carbocycles. The number of methoxy groups -OCH3 is 1. The van der Waals surface area contributed by atoms with Gasteiger partial charge >= 0.3 is 0 Å². The molecule has 0 radical (unpaired) electrons. The summed E-state index contributed by atoms with van der Waals surface area (Å²) in [5.74, 6) is 1.43. The molecular formula is C17H19N5O. The maximum Gasteiger partial charge on any atom is 0.248 e. The lowest BCUT2D eigenvalue weighted by Gasteiger charge is -2.18. The first-order valence-corrected chi connectivity index (χ1v) is 7.44. The number of aromatic nitrogens is 4. The fraction of sp³-hybridized carbons (Fsp3) is 0.235. The van der Waals surface area contributed by atoms with Crippen LogP contribution in [0.2, 0.25) is 0 Å². The number of ether oxygens (including phenoxy) is 1. The van der Waals surface area contributed by atoms with E-state index in [9.17, 15) is 0 Å². The number of tetrazole rings is 1. The quantitative estimate of drug-likeness (QED) is 0.784. The molecule has 0 saturated heterocycles. The Morgan fingerprint density at radius 2 is 1.91 bits per heavy atom. The number of hydrogen-bond acceptors (Lipinski definition) is 5. The summed E-state index contributed by atoms with van der Waals surface area (Å²) in [5, 5.41) is 15.3. The number of benzene rings is 2. The van der Waals surface area contributed by atoms with E-state index < -0.39 is 0 Å². The van der Waals surface area contributed by atoms with Crippen molar-refractivity contribution in [2.24, 2.45) is 0 Å². The Balaban J connectivity index is 1.89. The van der Waals surface area contributed by atoms with E-state index in [-0.39, 0.29) is 6.04 Å². The van der Waals surface area contributed by atoms with Crippen molar-refractivity contribution in [3.63, 3.8) is 0 Å². The van der Waals surface area contributed by atoms with Gasteiger partial charge in [-0.15, -0.1) is 0 Å². The maximum absolute atomic E-state index is 5.46. The molecule has 0 fully saturated rings. The molecule has 0 spiro atoms. The van der Waals surface area contributed by atoms with Crippen molar-refractivity contribution in [2.45, 2.75) is 19.9 Å². The summed E-state index contributed by atoms with van der Waals surface area (Å²) < 4.78 is 7.14. The number of para-hydroxylation sites is 1. The highest BCUT2D eigenvalue weighted by Crippen LogP contribution is 2.28.